The van der Waals surface area contributed by atoms with Crippen molar-refractivity contribution in [3.8, 4) is 0 Å². The molecule has 190 valence electrons. The fourth-order valence-corrected chi connectivity index (χ4v) is 9.59. The lowest BCUT2D eigenvalue weighted by atomic mass is 9.43. The summed E-state index contributed by atoms with van der Waals surface area (Å²) in [6.07, 6.45) is 5.81. The van der Waals surface area contributed by atoms with Gasteiger partial charge in [-0.1, -0.05) is 20.8 Å². The summed E-state index contributed by atoms with van der Waals surface area (Å²) in [5, 5.41) is 10.3. The van der Waals surface area contributed by atoms with Crippen molar-refractivity contribution in [2.24, 2.45) is 52.1 Å². The number of phosphoric acid groups is 1. The van der Waals surface area contributed by atoms with Crippen LogP contribution >= 0.6 is 7.82 Å². The number of hydrogen-bond donors (Lipinski definition) is 4. The Morgan fingerprint density at radius 3 is 2.42 bits per heavy atom. The van der Waals surface area contributed by atoms with E-state index in [0.717, 1.165) is 32.1 Å². The van der Waals surface area contributed by atoms with E-state index in [4.69, 9.17) is 10.3 Å². The van der Waals surface area contributed by atoms with Gasteiger partial charge in [-0.3, -0.25) is 4.79 Å². The number of phosphoric ester groups is 1. The molecule has 0 radical (unpaired) electrons. The van der Waals surface area contributed by atoms with Crippen molar-refractivity contribution >= 4 is 13.7 Å². The second kappa shape index (κ2) is 8.55. The van der Waals surface area contributed by atoms with Gasteiger partial charge in [0.1, 0.15) is 0 Å². The minimum absolute atomic E-state index is 0.0431. The molecule has 0 saturated heterocycles. The number of nitrogens with two attached hydrogens (primary N) is 1. The summed E-state index contributed by atoms with van der Waals surface area (Å²) in [5.74, 6) is -3.00. The van der Waals surface area contributed by atoms with E-state index < -0.39 is 25.7 Å². The van der Waals surface area contributed by atoms with Crippen molar-refractivity contribution in [2.45, 2.75) is 96.9 Å². The van der Waals surface area contributed by atoms with Gasteiger partial charge in [-0.15, -0.1) is 0 Å². The number of carbonyl (C=O) groups is 1. The average molecular weight is 490 g/mol. The summed E-state index contributed by atoms with van der Waals surface area (Å²) in [6, 6.07) is 0. The Hall–Kier alpha value is -0.530. The third-order valence-electron chi connectivity index (χ3n) is 10.5. The van der Waals surface area contributed by atoms with Gasteiger partial charge in [0.25, 0.3) is 0 Å². The van der Waals surface area contributed by atoms with Gasteiger partial charge < -0.3 is 20.6 Å². The van der Waals surface area contributed by atoms with Gasteiger partial charge in [0.15, 0.2) is 0 Å². The van der Waals surface area contributed by atoms with Crippen molar-refractivity contribution < 1.29 is 33.2 Å². The maximum absolute atomic E-state index is 16.8. The molecule has 10 unspecified atom stereocenters. The van der Waals surface area contributed by atoms with Gasteiger partial charge in [-0.25, -0.2) is 13.5 Å². The molecule has 10 atom stereocenters. The Bertz CT molecular complexity index is 823. The highest BCUT2D eigenvalue weighted by Gasteiger charge is 2.69. The highest BCUT2D eigenvalue weighted by atomic mass is 31.2. The number of aliphatic hydroxyl groups is 1. The molecule has 7 nitrogen and oxygen atoms in total. The van der Waals surface area contributed by atoms with Crippen molar-refractivity contribution in [1.82, 2.24) is 0 Å². The maximum Gasteiger partial charge on any atom is 0.472 e. The van der Waals surface area contributed by atoms with Crippen LogP contribution in [0.4, 0.5) is 4.39 Å². The molecule has 4 aliphatic carbocycles. The molecule has 33 heavy (non-hydrogen) atoms. The SMILES string of the molecule is CC(CCC(N)=O)C1CCC2C3C(CCC12C)C1(C)CCC(O)CC1CC3(F)OP(=O)(O)O. The average Bonchev–Trinajstić information content (AvgIpc) is 3.03. The van der Waals surface area contributed by atoms with Crippen LogP contribution in [-0.4, -0.2) is 32.8 Å². The lowest BCUT2D eigenvalue weighted by Gasteiger charge is -2.64. The van der Waals surface area contributed by atoms with Gasteiger partial charge in [0.05, 0.1) is 6.10 Å². The van der Waals surface area contributed by atoms with Crippen LogP contribution in [0.3, 0.4) is 0 Å². The van der Waals surface area contributed by atoms with E-state index in [9.17, 15) is 24.3 Å². The number of hydrogen-bond acceptors (Lipinski definition) is 4. The monoisotopic (exact) mass is 489 g/mol. The van der Waals surface area contributed by atoms with Crippen LogP contribution in [0.5, 0.6) is 0 Å². The first kappa shape index (κ1) is 25.6. The number of halogens is 1. The van der Waals surface area contributed by atoms with Crippen LogP contribution in [0.15, 0.2) is 0 Å². The third-order valence-corrected chi connectivity index (χ3v) is 11.1. The Kier molecular flexibility index (Phi) is 6.62. The van der Waals surface area contributed by atoms with Gasteiger partial charge in [0.2, 0.25) is 11.8 Å². The number of fused-ring (bicyclic) bond motifs is 5. The molecule has 0 aliphatic heterocycles. The molecule has 1 amide bonds. The highest BCUT2D eigenvalue weighted by Crippen LogP contribution is 2.72. The standard InChI is InChI=1S/C24H41FNO6P/c1-14(4-7-20(26)28)17-5-6-18-21-19(9-11-23(17,18)3)22(2)10-8-16(27)12-15(22)13-24(21,25)32-33(29,30)31/h14-19,21,27H,4-13H2,1-3H3,(H2,26,28)(H2,29,30,31). The predicted octanol–water partition coefficient (Wildman–Crippen LogP) is 4.29. The summed E-state index contributed by atoms with van der Waals surface area (Å²) in [7, 11) is -5.05. The minimum Gasteiger partial charge on any atom is -0.393 e. The minimum atomic E-state index is -5.05. The van der Waals surface area contributed by atoms with E-state index in [2.05, 4.69) is 20.8 Å². The molecule has 4 aliphatic rings. The zero-order valence-corrected chi connectivity index (χ0v) is 21.0. The summed E-state index contributed by atoms with van der Waals surface area (Å²) in [4.78, 5) is 30.7. The van der Waals surface area contributed by atoms with E-state index in [0.29, 0.717) is 31.6 Å². The second-order valence-electron chi connectivity index (χ2n) is 12.2. The van der Waals surface area contributed by atoms with E-state index in [1.54, 1.807) is 0 Å². The van der Waals surface area contributed by atoms with Gasteiger partial charge >= 0.3 is 7.82 Å². The number of carbonyl (C=O) groups excluding carboxylic acids is 1. The Balaban J connectivity index is 1.69. The Morgan fingerprint density at radius 1 is 1.15 bits per heavy atom. The number of amides is 1. The molecule has 0 aromatic carbocycles. The summed E-state index contributed by atoms with van der Waals surface area (Å²) >= 11 is 0. The fourth-order valence-electron chi connectivity index (χ4n) is 9.00. The lowest BCUT2D eigenvalue weighted by Crippen LogP contribution is -2.62. The normalized spacial score (nSPS) is 48.5. The summed E-state index contributed by atoms with van der Waals surface area (Å²) < 4.78 is 33.8. The number of alkyl halides is 1. The number of rotatable bonds is 6. The molecule has 0 heterocycles. The summed E-state index contributed by atoms with van der Waals surface area (Å²) in [5.41, 5.74) is 5.03. The van der Waals surface area contributed by atoms with Crippen LogP contribution < -0.4 is 5.73 Å². The van der Waals surface area contributed by atoms with Gasteiger partial charge in [0, 0.05) is 18.8 Å². The molecule has 0 bridgehead atoms. The lowest BCUT2D eigenvalue weighted by molar-refractivity contribution is -0.262. The summed E-state index contributed by atoms with van der Waals surface area (Å²) in [6.45, 7) is 6.55. The van der Waals surface area contributed by atoms with Crippen LogP contribution in [0.25, 0.3) is 0 Å². The van der Waals surface area contributed by atoms with E-state index in [1.165, 1.54) is 0 Å². The molecule has 9 heteroatoms. The Labute approximate surface area is 196 Å². The third kappa shape index (κ3) is 4.44. The molecule has 0 aromatic rings. The highest BCUT2D eigenvalue weighted by molar-refractivity contribution is 7.46. The quantitative estimate of drug-likeness (QED) is 0.412. The van der Waals surface area contributed by atoms with Crippen LogP contribution in [-0.2, 0) is 13.9 Å². The van der Waals surface area contributed by atoms with Crippen LogP contribution in [0.1, 0.15) is 85.0 Å². The van der Waals surface area contributed by atoms with Crippen molar-refractivity contribution in [1.29, 1.82) is 0 Å². The van der Waals surface area contributed by atoms with E-state index in [-0.39, 0.29) is 46.8 Å². The molecular formula is C24H41FNO6P. The topological polar surface area (TPSA) is 130 Å². The zero-order valence-electron chi connectivity index (χ0n) is 20.1. The first-order chi connectivity index (χ1) is 15.2. The van der Waals surface area contributed by atoms with E-state index in [1.807, 2.05) is 0 Å². The maximum atomic E-state index is 16.8. The second-order valence-corrected chi connectivity index (χ2v) is 13.3. The van der Waals surface area contributed by atoms with Crippen LogP contribution in [0, 0.1) is 46.3 Å². The molecule has 0 aromatic heterocycles. The first-order valence-electron chi connectivity index (χ1n) is 12.6. The molecule has 4 rings (SSSR count). The Morgan fingerprint density at radius 2 is 1.79 bits per heavy atom. The molecule has 0 spiro atoms. The molecular weight excluding hydrogens is 448 g/mol. The van der Waals surface area contributed by atoms with Gasteiger partial charge in [-0.2, -0.15) is 0 Å². The number of aliphatic hydroxyl groups excluding tert-OH is 1. The fraction of sp³-hybridized carbons (Fsp3) is 0.958. The smallest absolute Gasteiger partial charge is 0.393 e. The van der Waals surface area contributed by atoms with Crippen molar-refractivity contribution in [2.75, 3.05) is 0 Å². The van der Waals surface area contributed by atoms with Crippen molar-refractivity contribution in [3.05, 3.63) is 0 Å². The largest absolute Gasteiger partial charge is 0.472 e. The molecule has 5 N–H and O–H groups in total. The zero-order chi connectivity index (χ0) is 24.4. The van der Waals surface area contributed by atoms with Crippen molar-refractivity contribution in [3.63, 3.8) is 0 Å². The van der Waals surface area contributed by atoms with Crippen LogP contribution in [0.2, 0.25) is 0 Å². The number of primary amides is 1. The molecule has 4 saturated carbocycles. The van der Waals surface area contributed by atoms with Gasteiger partial charge in [-0.05, 0) is 91.8 Å². The predicted molar refractivity (Wildman–Crippen MR) is 121 cm³/mol. The molecule has 4 fully saturated rings. The first-order valence-corrected chi connectivity index (χ1v) is 14.1. The van der Waals surface area contributed by atoms with E-state index >= 15 is 4.39 Å².